The van der Waals surface area contributed by atoms with Gasteiger partial charge in [0.25, 0.3) is 0 Å². The summed E-state index contributed by atoms with van der Waals surface area (Å²) in [5.74, 6) is 0.744. The molecule has 18 heavy (non-hydrogen) atoms. The van der Waals surface area contributed by atoms with Crippen molar-refractivity contribution in [2.45, 2.75) is 52.5 Å². The van der Waals surface area contributed by atoms with Crippen LogP contribution in [0.3, 0.4) is 0 Å². The van der Waals surface area contributed by atoms with E-state index in [1.807, 2.05) is 18.3 Å². The number of nitrogens with one attached hydrogen (secondary N) is 1. The van der Waals surface area contributed by atoms with Crippen molar-refractivity contribution in [3.63, 3.8) is 0 Å². The normalized spacial score (nSPS) is 12.4. The molecule has 0 saturated heterocycles. The highest BCUT2D eigenvalue weighted by atomic mass is 16.5. The summed E-state index contributed by atoms with van der Waals surface area (Å²) in [6.07, 6.45) is 6.51. The number of hydrogen-bond donors (Lipinski definition) is 1. The summed E-state index contributed by atoms with van der Waals surface area (Å²) in [5, 5.41) is 3.47. The third kappa shape index (κ3) is 5.50. The van der Waals surface area contributed by atoms with E-state index in [9.17, 15) is 0 Å². The molecule has 1 aromatic rings. The van der Waals surface area contributed by atoms with Crippen LogP contribution in [0.15, 0.2) is 18.3 Å². The van der Waals surface area contributed by atoms with Crippen LogP contribution >= 0.6 is 0 Å². The fourth-order valence-electron chi connectivity index (χ4n) is 1.78. The van der Waals surface area contributed by atoms with Crippen molar-refractivity contribution in [1.29, 1.82) is 0 Å². The fourth-order valence-corrected chi connectivity index (χ4v) is 1.78. The van der Waals surface area contributed by atoms with E-state index in [0.717, 1.165) is 31.9 Å². The molecular formula is C15H26N2O. The number of nitrogens with zero attached hydrogens (tertiary/aromatic N) is 1. The lowest BCUT2D eigenvalue weighted by molar-refractivity contribution is 0.294. The minimum Gasteiger partial charge on any atom is -0.478 e. The second-order valence-corrected chi connectivity index (χ2v) is 4.66. The summed E-state index contributed by atoms with van der Waals surface area (Å²) in [5.41, 5.74) is 1.24. The van der Waals surface area contributed by atoms with Crippen LogP contribution < -0.4 is 10.1 Å². The van der Waals surface area contributed by atoms with Crippen molar-refractivity contribution in [1.82, 2.24) is 10.3 Å². The van der Waals surface area contributed by atoms with E-state index in [-0.39, 0.29) is 0 Å². The number of pyridine rings is 1. The van der Waals surface area contributed by atoms with Crippen molar-refractivity contribution >= 4 is 0 Å². The summed E-state index contributed by atoms with van der Waals surface area (Å²) in [6, 6.07) is 4.44. The second-order valence-electron chi connectivity index (χ2n) is 4.66. The van der Waals surface area contributed by atoms with E-state index in [4.69, 9.17) is 4.74 Å². The lowest BCUT2D eigenvalue weighted by Gasteiger charge is -2.14. The number of rotatable bonds is 9. The van der Waals surface area contributed by atoms with Gasteiger partial charge in [-0.2, -0.15) is 0 Å². The van der Waals surface area contributed by atoms with Crippen LogP contribution in [-0.4, -0.2) is 18.1 Å². The fraction of sp³-hybridized carbons (Fsp3) is 0.667. The average Bonchev–Trinajstić information content (AvgIpc) is 2.41. The average molecular weight is 250 g/mol. The molecule has 0 saturated carbocycles. The van der Waals surface area contributed by atoms with Crippen molar-refractivity contribution < 1.29 is 4.74 Å². The molecule has 0 aliphatic carbocycles. The first-order chi connectivity index (χ1) is 8.77. The molecule has 0 fully saturated rings. The monoisotopic (exact) mass is 250 g/mol. The molecule has 3 heteroatoms. The van der Waals surface area contributed by atoms with Crippen LogP contribution in [0.5, 0.6) is 5.88 Å². The smallest absolute Gasteiger partial charge is 0.213 e. The quantitative estimate of drug-likeness (QED) is 0.678. The van der Waals surface area contributed by atoms with Crippen LogP contribution in [0.2, 0.25) is 0 Å². The molecule has 0 aliphatic rings. The lowest BCUT2D eigenvalue weighted by Crippen LogP contribution is -2.19. The van der Waals surface area contributed by atoms with Gasteiger partial charge in [0.15, 0.2) is 0 Å². The predicted molar refractivity (Wildman–Crippen MR) is 76.0 cm³/mol. The minimum atomic E-state index is 0.353. The highest BCUT2D eigenvalue weighted by Crippen LogP contribution is 2.16. The maximum Gasteiger partial charge on any atom is 0.213 e. The van der Waals surface area contributed by atoms with Crippen LogP contribution in [-0.2, 0) is 0 Å². The van der Waals surface area contributed by atoms with Crippen LogP contribution in [0.1, 0.15) is 58.1 Å². The molecule has 3 nitrogen and oxygen atoms in total. The van der Waals surface area contributed by atoms with Crippen LogP contribution in [0.25, 0.3) is 0 Å². The van der Waals surface area contributed by atoms with Gasteiger partial charge in [-0.1, -0.05) is 26.7 Å². The molecule has 1 aromatic heterocycles. The molecule has 0 radical (unpaired) electrons. The SMILES string of the molecule is CCCCCOc1cc(C(C)NCCC)ccn1. The Kier molecular flexibility index (Phi) is 7.42. The van der Waals surface area contributed by atoms with Crippen molar-refractivity contribution in [2.24, 2.45) is 0 Å². The summed E-state index contributed by atoms with van der Waals surface area (Å²) in [4.78, 5) is 4.25. The van der Waals surface area contributed by atoms with E-state index < -0.39 is 0 Å². The van der Waals surface area contributed by atoms with Crippen molar-refractivity contribution in [3.8, 4) is 5.88 Å². The van der Waals surface area contributed by atoms with E-state index in [0.29, 0.717) is 6.04 Å². The van der Waals surface area contributed by atoms with Gasteiger partial charge in [0, 0.05) is 18.3 Å². The Morgan fingerprint density at radius 1 is 1.28 bits per heavy atom. The number of ether oxygens (including phenoxy) is 1. The van der Waals surface area contributed by atoms with Gasteiger partial charge in [0.05, 0.1) is 6.61 Å². The molecule has 0 amide bonds. The third-order valence-corrected chi connectivity index (χ3v) is 2.96. The molecule has 1 unspecified atom stereocenters. The van der Waals surface area contributed by atoms with Gasteiger partial charge in [-0.25, -0.2) is 4.98 Å². The Morgan fingerprint density at radius 2 is 2.11 bits per heavy atom. The molecular weight excluding hydrogens is 224 g/mol. The molecule has 1 rings (SSSR count). The standard InChI is InChI=1S/C15H26N2O/c1-4-6-7-11-18-15-12-14(8-10-17-15)13(3)16-9-5-2/h8,10,12-13,16H,4-7,9,11H2,1-3H3. The van der Waals surface area contributed by atoms with Gasteiger partial charge in [-0.3, -0.25) is 0 Å². The molecule has 1 atom stereocenters. The molecule has 102 valence electrons. The van der Waals surface area contributed by atoms with E-state index in [1.54, 1.807) is 0 Å². The lowest BCUT2D eigenvalue weighted by atomic mass is 10.1. The van der Waals surface area contributed by atoms with Gasteiger partial charge in [-0.15, -0.1) is 0 Å². The molecule has 0 bridgehead atoms. The Labute approximate surface area is 111 Å². The molecule has 0 spiro atoms. The molecule has 0 aromatic carbocycles. The third-order valence-electron chi connectivity index (χ3n) is 2.96. The summed E-state index contributed by atoms with van der Waals surface area (Å²) < 4.78 is 5.66. The van der Waals surface area contributed by atoms with E-state index in [2.05, 4.69) is 31.1 Å². The Balaban J connectivity index is 2.45. The van der Waals surface area contributed by atoms with Gasteiger partial charge in [0.1, 0.15) is 0 Å². The highest BCUT2D eigenvalue weighted by molar-refractivity contribution is 5.23. The zero-order chi connectivity index (χ0) is 13.2. The number of aromatic nitrogens is 1. The first-order valence-electron chi connectivity index (χ1n) is 7.10. The minimum absolute atomic E-state index is 0.353. The van der Waals surface area contributed by atoms with Gasteiger partial charge in [-0.05, 0) is 37.9 Å². The number of unbranched alkanes of at least 4 members (excludes halogenated alkanes) is 2. The topological polar surface area (TPSA) is 34.1 Å². The summed E-state index contributed by atoms with van der Waals surface area (Å²) in [6.45, 7) is 8.34. The molecule has 1 heterocycles. The highest BCUT2D eigenvalue weighted by Gasteiger charge is 2.05. The maximum atomic E-state index is 5.66. The Morgan fingerprint density at radius 3 is 2.83 bits per heavy atom. The van der Waals surface area contributed by atoms with Crippen LogP contribution in [0, 0.1) is 0 Å². The van der Waals surface area contributed by atoms with Crippen LogP contribution in [0.4, 0.5) is 0 Å². The zero-order valence-corrected chi connectivity index (χ0v) is 11.9. The summed E-state index contributed by atoms with van der Waals surface area (Å²) >= 11 is 0. The Hall–Kier alpha value is -1.09. The van der Waals surface area contributed by atoms with E-state index >= 15 is 0 Å². The predicted octanol–water partition coefficient (Wildman–Crippen LogP) is 3.71. The van der Waals surface area contributed by atoms with Gasteiger partial charge < -0.3 is 10.1 Å². The first kappa shape index (κ1) is 15.0. The first-order valence-corrected chi connectivity index (χ1v) is 7.10. The zero-order valence-electron chi connectivity index (χ0n) is 11.9. The second kappa shape index (κ2) is 8.92. The molecule has 1 N–H and O–H groups in total. The van der Waals surface area contributed by atoms with Gasteiger partial charge >= 0.3 is 0 Å². The largest absolute Gasteiger partial charge is 0.478 e. The van der Waals surface area contributed by atoms with Gasteiger partial charge in [0.2, 0.25) is 5.88 Å². The van der Waals surface area contributed by atoms with Crippen molar-refractivity contribution in [3.05, 3.63) is 23.9 Å². The van der Waals surface area contributed by atoms with E-state index in [1.165, 1.54) is 18.4 Å². The maximum absolute atomic E-state index is 5.66. The molecule has 0 aliphatic heterocycles. The number of hydrogen-bond acceptors (Lipinski definition) is 3. The van der Waals surface area contributed by atoms with Crippen molar-refractivity contribution in [2.75, 3.05) is 13.2 Å². The summed E-state index contributed by atoms with van der Waals surface area (Å²) in [7, 11) is 0. The Bertz CT molecular complexity index is 328.